The summed E-state index contributed by atoms with van der Waals surface area (Å²) in [6.45, 7) is 6.24. The molecule has 2 aliphatic carbocycles. The van der Waals surface area contributed by atoms with Gasteiger partial charge in [-0.25, -0.2) is 0 Å². The summed E-state index contributed by atoms with van der Waals surface area (Å²) in [7, 11) is 0. The van der Waals surface area contributed by atoms with Crippen LogP contribution >= 0.6 is 0 Å². The van der Waals surface area contributed by atoms with Gasteiger partial charge in [-0.05, 0) is 38.5 Å². The van der Waals surface area contributed by atoms with Crippen molar-refractivity contribution in [2.75, 3.05) is 19.6 Å². The number of rotatable bonds is 2. The molecule has 0 aromatic heterocycles. The van der Waals surface area contributed by atoms with Crippen LogP contribution in [0.5, 0.6) is 0 Å². The molecular formula is C15H28N2. The minimum atomic E-state index is 0.494. The van der Waals surface area contributed by atoms with Crippen LogP contribution in [0, 0.1) is 0 Å². The van der Waals surface area contributed by atoms with Gasteiger partial charge in [0.25, 0.3) is 0 Å². The zero-order chi connectivity index (χ0) is 11.8. The third-order valence-corrected chi connectivity index (χ3v) is 5.80. The van der Waals surface area contributed by atoms with Crippen LogP contribution < -0.4 is 5.32 Å². The molecule has 0 atom stereocenters. The molecule has 0 aromatic rings. The van der Waals surface area contributed by atoms with Crippen LogP contribution in [0.2, 0.25) is 0 Å². The molecule has 1 N–H and O–H groups in total. The largest absolute Gasteiger partial charge is 0.309 e. The molecule has 0 aromatic carbocycles. The first kappa shape index (κ1) is 12.0. The third kappa shape index (κ3) is 2.04. The lowest BCUT2D eigenvalue weighted by atomic mass is 9.71. The van der Waals surface area contributed by atoms with E-state index in [4.69, 9.17) is 0 Å². The van der Waals surface area contributed by atoms with Gasteiger partial charge in [0, 0.05) is 30.7 Å². The zero-order valence-electron chi connectivity index (χ0n) is 11.4. The number of hydrogen-bond acceptors (Lipinski definition) is 2. The first-order valence-corrected chi connectivity index (χ1v) is 7.79. The van der Waals surface area contributed by atoms with E-state index in [-0.39, 0.29) is 0 Å². The monoisotopic (exact) mass is 236 g/mol. The number of hydrogen-bond donors (Lipinski definition) is 1. The lowest BCUT2D eigenvalue weighted by molar-refractivity contribution is -0.0352. The highest BCUT2D eigenvalue weighted by Crippen LogP contribution is 2.43. The molecule has 3 rings (SSSR count). The quantitative estimate of drug-likeness (QED) is 0.793. The Labute approximate surface area is 106 Å². The minimum absolute atomic E-state index is 0.494. The van der Waals surface area contributed by atoms with E-state index in [1.165, 1.54) is 77.4 Å². The van der Waals surface area contributed by atoms with E-state index in [1.54, 1.807) is 0 Å². The third-order valence-electron chi connectivity index (χ3n) is 5.80. The molecule has 1 heterocycles. The van der Waals surface area contributed by atoms with Crippen molar-refractivity contribution in [1.29, 1.82) is 0 Å². The van der Waals surface area contributed by atoms with Crippen LogP contribution in [0.25, 0.3) is 0 Å². The predicted octanol–water partition coefficient (Wildman–Crippen LogP) is 2.93. The summed E-state index contributed by atoms with van der Waals surface area (Å²) in [4.78, 5) is 2.86. The van der Waals surface area contributed by atoms with E-state index in [0.29, 0.717) is 11.1 Å². The molecule has 3 fully saturated rings. The molecule has 0 amide bonds. The molecule has 17 heavy (non-hydrogen) atoms. The zero-order valence-corrected chi connectivity index (χ0v) is 11.4. The molecule has 3 aliphatic rings. The highest BCUT2D eigenvalue weighted by Gasteiger charge is 2.46. The average molecular weight is 236 g/mol. The Kier molecular flexibility index (Phi) is 3.20. The van der Waals surface area contributed by atoms with Crippen molar-refractivity contribution >= 4 is 0 Å². The fourth-order valence-corrected chi connectivity index (χ4v) is 4.40. The highest BCUT2D eigenvalue weighted by atomic mass is 15.3. The second kappa shape index (κ2) is 4.55. The van der Waals surface area contributed by atoms with Crippen molar-refractivity contribution < 1.29 is 0 Å². The Hall–Kier alpha value is -0.0800. The summed E-state index contributed by atoms with van der Waals surface area (Å²) in [6, 6.07) is 0. The van der Waals surface area contributed by atoms with Gasteiger partial charge >= 0.3 is 0 Å². The summed E-state index contributed by atoms with van der Waals surface area (Å²) >= 11 is 0. The maximum Gasteiger partial charge on any atom is 0.0309 e. The van der Waals surface area contributed by atoms with Gasteiger partial charge in [-0.2, -0.15) is 0 Å². The maximum absolute atomic E-state index is 3.87. The molecule has 1 saturated heterocycles. The second-order valence-corrected chi connectivity index (χ2v) is 6.62. The summed E-state index contributed by atoms with van der Waals surface area (Å²) in [5, 5.41) is 3.87. The molecule has 2 heteroatoms. The van der Waals surface area contributed by atoms with Gasteiger partial charge in [0.05, 0.1) is 0 Å². The van der Waals surface area contributed by atoms with Crippen LogP contribution in [0.15, 0.2) is 0 Å². The van der Waals surface area contributed by atoms with Crippen molar-refractivity contribution in [2.24, 2.45) is 0 Å². The van der Waals surface area contributed by atoms with E-state index in [0.717, 1.165) is 0 Å². The van der Waals surface area contributed by atoms with Crippen molar-refractivity contribution in [1.82, 2.24) is 10.2 Å². The standard InChI is InChI=1S/C15H28N2/c1-2-15(9-6-10-15)17-12-11-16-14(13-17)7-4-3-5-8-14/h16H,2-13H2,1H3. The smallest absolute Gasteiger partial charge is 0.0309 e. The van der Waals surface area contributed by atoms with Crippen LogP contribution in [0.4, 0.5) is 0 Å². The van der Waals surface area contributed by atoms with Crippen molar-refractivity contribution in [3.05, 3.63) is 0 Å². The van der Waals surface area contributed by atoms with Gasteiger partial charge in [0.1, 0.15) is 0 Å². The molecule has 0 unspecified atom stereocenters. The highest BCUT2D eigenvalue weighted by molar-refractivity contribution is 5.04. The first-order chi connectivity index (χ1) is 8.29. The molecule has 0 bridgehead atoms. The topological polar surface area (TPSA) is 15.3 Å². The summed E-state index contributed by atoms with van der Waals surface area (Å²) < 4.78 is 0. The number of piperazine rings is 1. The van der Waals surface area contributed by atoms with Gasteiger partial charge in [-0.3, -0.25) is 4.90 Å². The van der Waals surface area contributed by atoms with E-state index >= 15 is 0 Å². The number of nitrogens with one attached hydrogen (secondary N) is 1. The molecule has 98 valence electrons. The molecular weight excluding hydrogens is 208 g/mol. The van der Waals surface area contributed by atoms with Crippen LogP contribution in [0.3, 0.4) is 0 Å². The maximum atomic E-state index is 3.87. The predicted molar refractivity (Wildman–Crippen MR) is 72.3 cm³/mol. The minimum Gasteiger partial charge on any atom is -0.309 e. The average Bonchev–Trinajstić information content (AvgIpc) is 2.29. The Bertz CT molecular complexity index is 253. The van der Waals surface area contributed by atoms with E-state index in [9.17, 15) is 0 Å². The van der Waals surface area contributed by atoms with E-state index < -0.39 is 0 Å². The van der Waals surface area contributed by atoms with Gasteiger partial charge in [-0.15, -0.1) is 0 Å². The fourth-order valence-electron chi connectivity index (χ4n) is 4.40. The van der Waals surface area contributed by atoms with Gasteiger partial charge in [0.15, 0.2) is 0 Å². The molecule has 2 saturated carbocycles. The Morgan fingerprint density at radius 2 is 1.76 bits per heavy atom. The molecule has 1 aliphatic heterocycles. The Morgan fingerprint density at radius 3 is 2.35 bits per heavy atom. The van der Waals surface area contributed by atoms with Crippen molar-refractivity contribution in [3.63, 3.8) is 0 Å². The van der Waals surface area contributed by atoms with Gasteiger partial charge < -0.3 is 5.32 Å². The van der Waals surface area contributed by atoms with Crippen molar-refractivity contribution in [2.45, 2.75) is 75.8 Å². The normalized spacial score (nSPS) is 32.3. The first-order valence-electron chi connectivity index (χ1n) is 7.79. The lowest BCUT2D eigenvalue weighted by Crippen LogP contribution is -2.67. The van der Waals surface area contributed by atoms with Gasteiger partial charge in [-0.1, -0.05) is 26.2 Å². The van der Waals surface area contributed by atoms with Crippen LogP contribution in [-0.4, -0.2) is 35.6 Å². The summed E-state index contributed by atoms with van der Waals surface area (Å²) in [5.41, 5.74) is 1.10. The number of nitrogens with zero attached hydrogens (tertiary/aromatic N) is 1. The second-order valence-electron chi connectivity index (χ2n) is 6.62. The molecule has 2 nitrogen and oxygen atoms in total. The molecule has 1 spiro atoms. The van der Waals surface area contributed by atoms with Gasteiger partial charge in [0.2, 0.25) is 0 Å². The van der Waals surface area contributed by atoms with E-state index in [2.05, 4.69) is 17.1 Å². The van der Waals surface area contributed by atoms with E-state index in [1.807, 2.05) is 0 Å². The SMILES string of the molecule is CCC1(N2CCNC3(CCCCC3)C2)CCC1. The Balaban J connectivity index is 1.70. The van der Waals surface area contributed by atoms with Crippen LogP contribution in [0.1, 0.15) is 64.7 Å². The summed E-state index contributed by atoms with van der Waals surface area (Å²) in [6.07, 6.45) is 12.9. The van der Waals surface area contributed by atoms with Crippen LogP contribution in [-0.2, 0) is 0 Å². The molecule has 0 radical (unpaired) electrons. The summed E-state index contributed by atoms with van der Waals surface area (Å²) in [5.74, 6) is 0. The fraction of sp³-hybridized carbons (Fsp3) is 1.00. The lowest BCUT2D eigenvalue weighted by Gasteiger charge is -2.56. The van der Waals surface area contributed by atoms with Crippen molar-refractivity contribution in [3.8, 4) is 0 Å². The Morgan fingerprint density at radius 1 is 1.00 bits per heavy atom.